The topological polar surface area (TPSA) is 21.8 Å². The van der Waals surface area contributed by atoms with E-state index in [-0.39, 0.29) is 0 Å². The first-order chi connectivity index (χ1) is 7.15. The summed E-state index contributed by atoms with van der Waals surface area (Å²) in [6, 6.07) is 3.63. The van der Waals surface area contributed by atoms with E-state index >= 15 is 0 Å². The molecule has 1 aliphatic heterocycles. The highest BCUT2D eigenvalue weighted by atomic mass is 28.4. The Balaban J connectivity index is 2.04. The third kappa shape index (κ3) is 1.87. The lowest BCUT2D eigenvalue weighted by Gasteiger charge is -2.29. The number of fused-ring (bicyclic) bond motifs is 1. The SMILES string of the molecule is CC[Si](CC)(CC)OC1=C[C@@H](C)[C@@H]2O[C@H]12. The van der Waals surface area contributed by atoms with Crippen molar-refractivity contribution in [3.05, 3.63) is 11.8 Å². The van der Waals surface area contributed by atoms with Gasteiger partial charge in [-0.25, -0.2) is 0 Å². The van der Waals surface area contributed by atoms with Gasteiger partial charge in [0.15, 0.2) is 0 Å². The molecule has 3 atom stereocenters. The summed E-state index contributed by atoms with van der Waals surface area (Å²) in [6.07, 6.45) is 3.04. The maximum atomic E-state index is 6.35. The summed E-state index contributed by atoms with van der Waals surface area (Å²) >= 11 is 0. The van der Waals surface area contributed by atoms with E-state index in [1.165, 1.54) is 18.1 Å². The van der Waals surface area contributed by atoms with Crippen LogP contribution in [-0.4, -0.2) is 20.5 Å². The maximum absolute atomic E-state index is 6.35. The molecule has 0 aromatic rings. The van der Waals surface area contributed by atoms with Crippen molar-refractivity contribution in [1.29, 1.82) is 0 Å². The molecule has 0 saturated carbocycles. The van der Waals surface area contributed by atoms with Crippen molar-refractivity contribution >= 4 is 8.32 Å². The molecule has 0 aromatic heterocycles. The van der Waals surface area contributed by atoms with Crippen molar-refractivity contribution in [2.24, 2.45) is 5.92 Å². The first kappa shape index (κ1) is 11.2. The predicted molar refractivity (Wildman–Crippen MR) is 64.2 cm³/mol. The van der Waals surface area contributed by atoms with Crippen LogP contribution in [0.5, 0.6) is 0 Å². The zero-order valence-electron chi connectivity index (χ0n) is 10.2. The number of ether oxygens (including phenoxy) is 1. The monoisotopic (exact) mass is 226 g/mol. The van der Waals surface area contributed by atoms with Crippen molar-refractivity contribution < 1.29 is 9.16 Å². The Bertz CT molecular complexity index is 263. The summed E-state index contributed by atoms with van der Waals surface area (Å²) in [5, 5.41) is 0. The lowest BCUT2D eigenvalue weighted by atomic mass is 10.2. The second kappa shape index (κ2) is 3.94. The first-order valence-corrected chi connectivity index (χ1v) is 8.75. The van der Waals surface area contributed by atoms with E-state index in [0.717, 1.165) is 5.76 Å². The fourth-order valence-corrected chi connectivity index (χ4v) is 5.13. The van der Waals surface area contributed by atoms with Crippen LogP contribution in [0.25, 0.3) is 0 Å². The molecule has 0 amide bonds. The summed E-state index contributed by atoms with van der Waals surface area (Å²) in [4.78, 5) is 0. The molecular weight excluding hydrogens is 204 g/mol. The summed E-state index contributed by atoms with van der Waals surface area (Å²) in [5.41, 5.74) is 0. The lowest BCUT2D eigenvalue weighted by molar-refractivity contribution is 0.289. The minimum Gasteiger partial charge on any atom is -0.545 e. The van der Waals surface area contributed by atoms with Gasteiger partial charge in [-0.15, -0.1) is 0 Å². The molecule has 0 N–H and O–H groups in total. The van der Waals surface area contributed by atoms with Gasteiger partial charge in [0.05, 0.1) is 6.10 Å². The number of hydrogen-bond donors (Lipinski definition) is 0. The van der Waals surface area contributed by atoms with Gasteiger partial charge in [0, 0.05) is 5.92 Å². The molecule has 1 heterocycles. The standard InChI is InChI=1S/C12H22O2Si/c1-5-15(6-2,7-3)14-10-8-9(4)11-12(10)13-11/h8-9,11-12H,5-7H2,1-4H3/t9-,11+,12-/m1/s1. The highest BCUT2D eigenvalue weighted by Gasteiger charge is 2.52. The highest BCUT2D eigenvalue weighted by molar-refractivity contribution is 6.73. The minimum atomic E-state index is -1.48. The van der Waals surface area contributed by atoms with Crippen molar-refractivity contribution in [3.63, 3.8) is 0 Å². The molecule has 1 aliphatic carbocycles. The van der Waals surface area contributed by atoms with Gasteiger partial charge in [-0.1, -0.05) is 27.7 Å². The zero-order valence-corrected chi connectivity index (χ0v) is 11.2. The van der Waals surface area contributed by atoms with Crippen LogP contribution < -0.4 is 0 Å². The van der Waals surface area contributed by atoms with Crippen LogP contribution in [0, 0.1) is 5.92 Å². The van der Waals surface area contributed by atoms with Crippen LogP contribution in [0.4, 0.5) is 0 Å². The smallest absolute Gasteiger partial charge is 0.250 e. The third-order valence-electron chi connectivity index (χ3n) is 4.02. The van der Waals surface area contributed by atoms with Crippen LogP contribution >= 0.6 is 0 Å². The fraction of sp³-hybridized carbons (Fsp3) is 0.833. The fourth-order valence-electron chi connectivity index (χ4n) is 2.51. The molecule has 1 saturated heterocycles. The molecule has 0 radical (unpaired) electrons. The predicted octanol–water partition coefficient (Wildman–Crippen LogP) is 3.31. The second-order valence-electron chi connectivity index (χ2n) is 4.80. The van der Waals surface area contributed by atoms with E-state index in [1.807, 2.05) is 0 Å². The summed E-state index contributed by atoms with van der Waals surface area (Å²) in [6.45, 7) is 9.02. The Hall–Kier alpha value is -0.283. The van der Waals surface area contributed by atoms with Crippen molar-refractivity contribution in [3.8, 4) is 0 Å². The van der Waals surface area contributed by atoms with E-state index in [4.69, 9.17) is 9.16 Å². The second-order valence-corrected chi connectivity index (χ2v) is 9.49. The third-order valence-corrected chi connectivity index (χ3v) is 8.55. The zero-order chi connectivity index (χ0) is 11.1. The Morgan fingerprint density at radius 3 is 2.20 bits per heavy atom. The number of rotatable bonds is 5. The molecule has 3 heteroatoms. The quantitative estimate of drug-likeness (QED) is 0.530. The van der Waals surface area contributed by atoms with Gasteiger partial charge in [-0.3, -0.25) is 0 Å². The lowest BCUT2D eigenvalue weighted by Crippen LogP contribution is -2.36. The molecule has 2 rings (SSSR count). The number of hydrogen-bond acceptors (Lipinski definition) is 2. The molecule has 0 unspecified atom stereocenters. The van der Waals surface area contributed by atoms with Crippen molar-refractivity contribution in [1.82, 2.24) is 0 Å². The van der Waals surface area contributed by atoms with Gasteiger partial charge in [-0.2, -0.15) is 0 Å². The van der Waals surface area contributed by atoms with Gasteiger partial charge in [-0.05, 0) is 24.2 Å². The molecule has 2 nitrogen and oxygen atoms in total. The Labute approximate surface area is 93.8 Å². The molecule has 0 bridgehead atoms. The molecular formula is C12H22O2Si. The average Bonchev–Trinajstić information content (AvgIpc) is 2.99. The normalized spacial score (nSPS) is 33.6. The van der Waals surface area contributed by atoms with Crippen LogP contribution in [0.1, 0.15) is 27.7 Å². The molecule has 86 valence electrons. The van der Waals surface area contributed by atoms with E-state index in [2.05, 4.69) is 33.8 Å². The van der Waals surface area contributed by atoms with Gasteiger partial charge in [0.2, 0.25) is 8.32 Å². The first-order valence-electron chi connectivity index (χ1n) is 6.22. The minimum absolute atomic E-state index is 0.316. The van der Waals surface area contributed by atoms with Crippen molar-refractivity contribution in [2.75, 3.05) is 0 Å². The van der Waals surface area contributed by atoms with Crippen LogP contribution in [0.3, 0.4) is 0 Å². The molecule has 2 aliphatic rings. The van der Waals surface area contributed by atoms with Gasteiger partial charge >= 0.3 is 0 Å². The largest absolute Gasteiger partial charge is 0.545 e. The maximum Gasteiger partial charge on any atom is 0.250 e. The van der Waals surface area contributed by atoms with E-state index in [0.29, 0.717) is 18.1 Å². The summed E-state index contributed by atoms with van der Waals surface area (Å²) in [7, 11) is -1.48. The molecule has 0 spiro atoms. The van der Waals surface area contributed by atoms with E-state index in [9.17, 15) is 0 Å². The van der Waals surface area contributed by atoms with Crippen LogP contribution in [-0.2, 0) is 9.16 Å². The van der Waals surface area contributed by atoms with E-state index < -0.39 is 8.32 Å². The molecule has 0 aromatic carbocycles. The Kier molecular flexibility index (Phi) is 2.95. The Morgan fingerprint density at radius 2 is 1.87 bits per heavy atom. The number of epoxide rings is 1. The van der Waals surface area contributed by atoms with Crippen LogP contribution in [0.2, 0.25) is 18.1 Å². The summed E-state index contributed by atoms with van der Waals surface area (Å²) in [5.74, 6) is 1.71. The van der Waals surface area contributed by atoms with Gasteiger partial charge in [0.1, 0.15) is 11.9 Å². The molecule has 15 heavy (non-hydrogen) atoms. The van der Waals surface area contributed by atoms with Gasteiger partial charge in [0.25, 0.3) is 0 Å². The molecule has 1 fully saturated rings. The van der Waals surface area contributed by atoms with Gasteiger partial charge < -0.3 is 9.16 Å². The average molecular weight is 226 g/mol. The Morgan fingerprint density at radius 1 is 1.27 bits per heavy atom. The van der Waals surface area contributed by atoms with Crippen molar-refractivity contribution in [2.45, 2.75) is 58.0 Å². The van der Waals surface area contributed by atoms with E-state index in [1.54, 1.807) is 0 Å². The van der Waals surface area contributed by atoms with Crippen LogP contribution in [0.15, 0.2) is 11.8 Å². The summed E-state index contributed by atoms with van der Waals surface area (Å²) < 4.78 is 11.9. The highest BCUT2D eigenvalue weighted by Crippen LogP contribution is 2.44.